The Balaban J connectivity index is 4.88. The van der Waals surface area contributed by atoms with E-state index in [9.17, 15) is 19.5 Å². The highest BCUT2D eigenvalue weighted by Crippen LogP contribution is 2.07. The van der Waals surface area contributed by atoms with Crippen molar-refractivity contribution >= 4 is 29.5 Å². The molecule has 2 amide bonds. The Morgan fingerprint density at radius 2 is 1.65 bits per heavy atom. The minimum Gasteiger partial charge on any atom is -0.480 e. The van der Waals surface area contributed by atoms with Crippen molar-refractivity contribution in [1.82, 2.24) is 10.6 Å². The van der Waals surface area contributed by atoms with E-state index in [-0.39, 0.29) is 5.92 Å². The molecule has 0 saturated heterocycles. The normalized spacial score (nSPS) is 14.5. The lowest BCUT2D eigenvalue weighted by molar-refractivity contribution is -0.142. The van der Waals surface area contributed by atoms with E-state index in [1.807, 2.05) is 20.1 Å². The third-order valence-corrected chi connectivity index (χ3v) is 4.51. The van der Waals surface area contributed by atoms with Crippen molar-refractivity contribution in [1.29, 1.82) is 0 Å². The third-order valence-electron chi connectivity index (χ3n) is 3.87. The Morgan fingerprint density at radius 1 is 1.04 bits per heavy atom. The van der Waals surface area contributed by atoms with Gasteiger partial charge in [0.15, 0.2) is 0 Å². The number of carboxylic acid groups (broad SMARTS) is 1. The summed E-state index contributed by atoms with van der Waals surface area (Å²) in [6.45, 7) is 4.40. The summed E-state index contributed by atoms with van der Waals surface area (Å²) in [5.41, 5.74) is 11.3. The number of rotatable bonds is 14. The molecule has 0 aromatic carbocycles. The minimum atomic E-state index is -1.10. The second-order valence-corrected chi connectivity index (χ2v) is 7.75. The van der Waals surface area contributed by atoms with Gasteiger partial charge >= 0.3 is 5.97 Å². The Labute approximate surface area is 160 Å². The van der Waals surface area contributed by atoms with Crippen LogP contribution in [0.3, 0.4) is 0 Å². The maximum absolute atomic E-state index is 12.5. The highest BCUT2D eigenvalue weighted by Gasteiger charge is 2.27. The molecule has 0 radical (unpaired) electrons. The van der Waals surface area contributed by atoms with Crippen molar-refractivity contribution < 1.29 is 19.5 Å². The van der Waals surface area contributed by atoms with Crippen LogP contribution in [0.4, 0.5) is 0 Å². The molecule has 9 heteroatoms. The van der Waals surface area contributed by atoms with E-state index in [4.69, 9.17) is 11.5 Å². The molecule has 0 aliphatic heterocycles. The molecule has 8 nitrogen and oxygen atoms in total. The molecule has 0 unspecified atom stereocenters. The number of nitrogens with one attached hydrogen (secondary N) is 2. The van der Waals surface area contributed by atoms with Crippen LogP contribution in [0.5, 0.6) is 0 Å². The molecule has 0 spiro atoms. The van der Waals surface area contributed by atoms with Crippen LogP contribution in [-0.2, 0) is 14.4 Å². The van der Waals surface area contributed by atoms with Crippen LogP contribution in [0.1, 0.15) is 46.0 Å². The fraction of sp³-hybridized carbons (Fsp3) is 0.824. The first-order valence-electron chi connectivity index (χ1n) is 9.01. The first-order chi connectivity index (χ1) is 12.2. The Bertz CT molecular complexity index is 448. The van der Waals surface area contributed by atoms with Crippen LogP contribution in [0.25, 0.3) is 0 Å². The molecule has 0 saturated carbocycles. The van der Waals surface area contributed by atoms with Gasteiger partial charge in [0.2, 0.25) is 11.8 Å². The van der Waals surface area contributed by atoms with Crippen LogP contribution in [0.15, 0.2) is 0 Å². The molecule has 0 bridgehead atoms. The maximum atomic E-state index is 12.5. The van der Waals surface area contributed by atoms with Gasteiger partial charge in [0.25, 0.3) is 0 Å². The van der Waals surface area contributed by atoms with E-state index < -0.39 is 35.9 Å². The van der Waals surface area contributed by atoms with E-state index in [1.165, 1.54) is 0 Å². The first kappa shape index (κ1) is 24.7. The zero-order valence-corrected chi connectivity index (χ0v) is 16.8. The molecule has 0 fully saturated rings. The number of carbonyl (C=O) groups excluding carboxylic acids is 2. The highest BCUT2D eigenvalue weighted by molar-refractivity contribution is 7.98. The number of aliphatic carboxylic acids is 1. The third kappa shape index (κ3) is 10.6. The first-order valence-corrected chi connectivity index (χ1v) is 10.4. The second-order valence-electron chi connectivity index (χ2n) is 6.76. The number of thioether (sulfide) groups is 1. The van der Waals surface area contributed by atoms with E-state index in [1.54, 1.807) is 11.8 Å². The molecule has 7 N–H and O–H groups in total. The summed E-state index contributed by atoms with van der Waals surface area (Å²) in [4.78, 5) is 36.1. The van der Waals surface area contributed by atoms with Gasteiger partial charge in [-0.1, -0.05) is 13.8 Å². The summed E-state index contributed by atoms with van der Waals surface area (Å²) in [6.07, 6.45) is 4.41. The second kappa shape index (κ2) is 13.8. The zero-order chi connectivity index (χ0) is 20.1. The van der Waals surface area contributed by atoms with E-state index in [0.717, 1.165) is 0 Å². The van der Waals surface area contributed by atoms with Gasteiger partial charge in [0, 0.05) is 0 Å². The molecule has 152 valence electrons. The Morgan fingerprint density at radius 3 is 2.15 bits per heavy atom. The van der Waals surface area contributed by atoms with Crippen LogP contribution in [0, 0.1) is 5.92 Å². The molecule has 26 heavy (non-hydrogen) atoms. The molecule has 0 rings (SSSR count). The predicted octanol–water partition coefficient (Wildman–Crippen LogP) is 0.296. The average molecular weight is 391 g/mol. The smallest absolute Gasteiger partial charge is 0.326 e. The molecule has 0 aromatic heterocycles. The van der Waals surface area contributed by atoms with E-state index >= 15 is 0 Å². The van der Waals surface area contributed by atoms with Crippen LogP contribution in [-0.4, -0.2) is 59.6 Å². The predicted molar refractivity (Wildman–Crippen MR) is 105 cm³/mol. The summed E-state index contributed by atoms with van der Waals surface area (Å²) < 4.78 is 0. The van der Waals surface area contributed by atoms with Crippen molar-refractivity contribution in [3.05, 3.63) is 0 Å². The number of hydrogen-bond donors (Lipinski definition) is 5. The van der Waals surface area contributed by atoms with E-state index in [0.29, 0.717) is 44.4 Å². The number of hydrogen-bond acceptors (Lipinski definition) is 6. The fourth-order valence-corrected chi connectivity index (χ4v) is 2.89. The number of amides is 2. The standard InChI is InChI=1S/C17H34N4O4S/c1-11(2)10-12(19)15(22)20-13(7-9-26-3)16(23)21-14(17(24)25)6-4-5-8-18/h11-14H,4-10,18-19H2,1-3H3,(H,20,22)(H,21,23)(H,24,25)/t12-,13-,14-/m0/s1. The summed E-state index contributed by atoms with van der Waals surface area (Å²) >= 11 is 1.54. The summed E-state index contributed by atoms with van der Waals surface area (Å²) in [5.74, 6) is -1.07. The van der Waals surface area contributed by atoms with Crippen molar-refractivity contribution in [2.24, 2.45) is 17.4 Å². The number of carboxylic acids is 1. The minimum absolute atomic E-state index is 0.258. The quantitative estimate of drug-likeness (QED) is 0.268. The van der Waals surface area contributed by atoms with Gasteiger partial charge in [-0.05, 0) is 56.6 Å². The maximum Gasteiger partial charge on any atom is 0.326 e. The van der Waals surface area contributed by atoms with Crippen LogP contribution >= 0.6 is 11.8 Å². The SMILES string of the molecule is CSCC[C@H](NC(=O)[C@@H](N)CC(C)C)C(=O)N[C@@H](CCCCN)C(=O)O. The van der Waals surface area contributed by atoms with Crippen LogP contribution in [0.2, 0.25) is 0 Å². The molecular weight excluding hydrogens is 356 g/mol. The molecule has 0 aliphatic carbocycles. The van der Waals surface area contributed by atoms with E-state index in [2.05, 4.69) is 10.6 Å². The number of carbonyl (C=O) groups is 3. The van der Waals surface area contributed by atoms with Gasteiger partial charge in [-0.3, -0.25) is 9.59 Å². The van der Waals surface area contributed by atoms with Gasteiger partial charge in [-0.15, -0.1) is 0 Å². The molecule has 0 aliphatic rings. The number of unbranched alkanes of at least 4 members (excludes halogenated alkanes) is 1. The lowest BCUT2D eigenvalue weighted by Crippen LogP contribution is -2.54. The Hall–Kier alpha value is -1.32. The lowest BCUT2D eigenvalue weighted by atomic mass is 10.0. The van der Waals surface area contributed by atoms with Gasteiger partial charge in [0.1, 0.15) is 12.1 Å². The summed E-state index contributed by atoms with van der Waals surface area (Å²) in [6, 6.07) is -2.49. The summed E-state index contributed by atoms with van der Waals surface area (Å²) in [7, 11) is 0. The van der Waals surface area contributed by atoms with Crippen molar-refractivity contribution in [3.63, 3.8) is 0 Å². The van der Waals surface area contributed by atoms with Crippen molar-refractivity contribution in [2.75, 3.05) is 18.6 Å². The Kier molecular flexibility index (Phi) is 13.1. The van der Waals surface area contributed by atoms with Crippen LogP contribution < -0.4 is 22.1 Å². The van der Waals surface area contributed by atoms with Crippen molar-refractivity contribution in [2.45, 2.75) is 64.1 Å². The topological polar surface area (TPSA) is 148 Å². The molecule has 0 heterocycles. The summed E-state index contributed by atoms with van der Waals surface area (Å²) in [5, 5.41) is 14.5. The van der Waals surface area contributed by atoms with Gasteiger partial charge in [-0.25, -0.2) is 4.79 Å². The van der Waals surface area contributed by atoms with Crippen molar-refractivity contribution in [3.8, 4) is 0 Å². The molecule has 0 aromatic rings. The fourth-order valence-electron chi connectivity index (χ4n) is 2.42. The monoisotopic (exact) mass is 390 g/mol. The van der Waals surface area contributed by atoms with Gasteiger partial charge in [-0.2, -0.15) is 11.8 Å². The number of nitrogens with two attached hydrogens (primary N) is 2. The average Bonchev–Trinajstić information content (AvgIpc) is 2.56. The van der Waals surface area contributed by atoms with Gasteiger partial charge < -0.3 is 27.2 Å². The molecule has 3 atom stereocenters. The zero-order valence-electron chi connectivity index (χ0n) is 16.0. The molecular formula is C17H34N4O4S. The highest BCUT2D eigenvalue weighted by atomic mass is 32.2. The lowest BCUT2D eigenvalue weighted by Gasteiger charge is -2.23. The van der Waals surface area contributed by atoms with Gasteiger partial charge in [0.05, 0.1) is 6.04 Å². The largest absolute Gasteiger partial charge is 0.480 e.